The predicted molar refractivity (Wildman–Crippen MR) is 111 cm³/mol. The van der Waals surface area contributed by atoms with Gasteiger partial charge in [0, 0.05) is 50.7 Å². The van der Waals surface area contributed by atoms with Crippen LogP contribution < -0.4 is 20.9 Å². The fraction of sp³-hybridized carbons (Fsp3) is 0.200. The second kappa shape index (κ2) is 9.31. The maximum absolute atomic E-state index is 12.2. The van der Waals surface area contributed by atoms with Crippen LogP contribution in [0.4, 0.5) is 23.1 Å². The van der Waals surface area contributed by atoms with Gasteiger partial charge in [-0.1, -0.05) is 6.07 Å². The fourth-order valence-corrected chi connectivity index (χ4v) is 2.47. The third kappa shape index (κ3) is 5.41. The number of benzene rings is 1. The number of carbonyl (C=O) groups excluding carboxylic acids is 1. The molecule has 0 spiro atoms. The molecule has 0 bridgehead atoms. The average molecular weight is 377 g/mol. The highest BCUT2D eigenvalue weighted by atomic mass is 16.1. The summed E-state index contributed by atoms with van der Waals surface area (Å²) < 4.78 is 0. The number of nitrogens with zero attached hydrogens (tertiary/aromatic N) is 4. The van der Waals surface area contributed by atoms with Crippen LogP contribution in [0.5, 0.6) is 0 Å². The zero-order valence-electron chi connectivity index (χ0n) is 15.9. The van der Waals surface area contributed by atoms with Crippen molar-refractivity contribution in [3.63, 3.8) is 0 Å². The summed E-state index contributed by atoms with van der Waals surface area (Å²) in [6.07, 6.45) is 3.18. The zero-order chi connectivity index (χ0) is 19.8. The highest BCUT2D eigenvalue weighted by Gasteiger charge is 2.05. The van der Waals surface area contributed by atoms with Gasteiger partial charge in [-0.15, -0.1) is 0 Å². The van der Waals surface area contributed by atoms with Crippen LogP contribution in [0.1, 0.15) is 10.4 Å². The highest BCUT2D eigenvalue weighted by molar-refractivity contribution is 5.94. The Bertz CT molecular complexity index is 898. The normalized spacial score (nSPS) is 10.2. The van der Waals surface area contributed by atoms with Crippen LogP contribution in [0.3, 0.4) is 0 Å². The first-order valence-corrected chi connectivity index (χ1v) is 8.91. The van der Waals surface area contributed by atoms with Crippen molar-refractivity contribution in [3.05, 3.63) is 66.6 Å². The molecule has 3 aromatic rings. The van der Waals surface area contributed by atoms with E-state index >= 15 is 0 Å². The number of amides is 1. The molecule has 0 atom stereocenters. The molecule has 8 nitrogen and oxygen atoms in total. The van der Waals surface area contributed by atoms with Gasteiger partial charge in [0.15, 0.2) is 0 Å². The summed E-state index contributed by atoms with van der Waals surface area (Å²) in [5.41, 5.74) is 1.69. The molecule has 2 heterocycles. The van der Waals surface area contributed by atoms with Crippen molar-refractivity contribution in [2.45, 2.75) is 0 Å². The molecule has 0 radical (unpaired) electrons. The van der Waals surface area contributed by atoms with E-state index in [0.29, 0.717) is 36.1 Å². The van der Waals surface area contributed by atoms with Crippen LogP contribution >= 0.6 is 0 Å². The lowest BCUT2D eigenvalue weighted by molar-refractivity contribution is 0.0955. The third-order valence-electron chi connectivity index (χ3n) is 3.95. The van der Waals surface area contributed by atoms with Gasteiger partial charge in [0.05, 0.1) is 0 Å². The molecule has 28 heavy (non-hydrogen) atoms. The number of nitrogens with one attached hydrogen (secondary N) is 3. The number of carbonyl (C=O) groups is 1. The zero-order valence-corrected chi connectivity index (χ0v) is 15.9. The SMILES string of the molecule is CN(C)c1ccc(C(=O)NCCNc2cc(Nc3ccccn3)ncn2)cc1. The lowest BCUT2D eigenvalue weighted by atomic mass is 10.2. The Hall–Kier alpha value is -3.68. The molecular weight excluding hydrogens is 354 g/mol. The molecule has 0 saturated heterocycles. The van der Waals surface area contributed by atoms with Crippen molar-refractivity contribution in [1.82, 2.24) is 20.3 Å². The first-order chi connectivity index (χ1) is 13.6. The molecule has 1 aromatic carbocycles. The van der Waals surface area contributed by atoms with Gasteiger partial charge >= 0.3 is 0 Å². The molecule has 0 unspecified atom stereocenters. The summed E-state index contributed by atoms with van der Waals surface area (Å²) in [5.74, 6) is 1.91. The largest absolute Gasteiger partial charge is 0.378 e. The molecule has 0 saturated carbocycles. The van der Waals surface area contributed by atoms with Crippen LogP contribution in [0.2, 0.25) is 0 Å². The number of anilines is 4. The average Bonchev–Trinajstić information content (AvgIpc) is 2.72. The number of pyridine rings is 1. The summed E-state index contributed by atoms with van der Waals surface area (Å²) >= 11 is 0. The van der Waals surface area contributed by atoms with E-state index in [1.807, 2.05) is 61.5 Å². The van der Waals surface area contributed by atoms with Crippen molar-refractivity contribution in [3.8, 4) is 0 Å². The highest BCUT2D eigenvalue weighted by Crippen LogP contribution is 2.14. The Morgan fingerprint density at radius 3 is 2.43 bits per heavy atom. The Morgan fingerprint density at radius 1 is 0.929 bits per heavy atom. The Morgan fingerprint density at radius 2 is 1.71 bits per heavy atom. The monoisotopic (exact) mass is 377 g/mol. The topological polar surface area (TPSA) is 95.1 Å². The summed E-state index contributed by atoms with van der Waals surface area (Å²) in [7, 11) is 3.93. The van der Waals surface area contributed by atoms with E-state index in [9.17, 15) is 4.79 Å². The van der Waals surface area contributed by atoms with E-state index in [2.05, 4.69) is 30.9 Å². The van der Waals surface area contributed by atoms with Gasteiger partial charge in [-0.3, -0.25) is 4.79 Å². The molecule has 0 aliphatic carbocycles. The first-order valence-electron chi connectivity index (χ1n) is 8.91. The maximum Gasteiger partial charge on any atom is 0.251 e. The van der Waals surface area contributed by atoms with Gasteiger partial charge < -0.3 is 20.9 Å². The Labute approximate surface area is 164 Å². The van der Waals surface area contributed by atoms with Crippen LogP contribution in [-0.4, -0.2) is 48.0 Å². The molecule has 1 amide bonds. The van der Waals surface area contributed by atoms with Crippen molar-refractivity contribution in [2.24, 2.45) is 0 Å². The smallest absolute Gasteiger partial charge is 0.251 e. The van der Waals surface area contributed by atoms with E-state index in [-0.39, 0.29) is 5.91 Å². The van der Waals surface area contributed by atoms with Gasteiger partial charge in [-0.2, -0.15) is 0 Å². The standard InChI is InChI=1S/C20H23N7O/c1-27(2)16-8-6-15(7-9-16)20(28)23-12-11-22-18-13-19(25-14-24-18)26-17-5-3-4-10-21-17/h3-10,13-14H,11-12H2,1-2H3,(H,23,28)(H2,21,22,24,25,26). The fourth-order valence-electron chi connectivity index (χ4n) is 2.47. The van der Waals surface area contributed by atoms with E-state index in [0.717, 1.165) is 5.69 Å². The minimum Gasteiger partial charge on any atom is -0.378 e. The van der Waals surface area contributed by atoms with Gasteiger partial charge in [-0.05, 0) is 36.4 Å². The van der Waals surface area contributed by atoms with Gasteiger partial charge in [0.25, 0.3) is 5.91 Å². The van der Waals surface area contributed by atoms with Crippen molar-refractivity contribution >= 4 is 29.0 Å². The molecule has 144 valence electrons. The quantitative estimate of drug-likeness (QED) is 0.519. The van der Waals surface area contributed by atoms with E-state index in [1.54, 1.807) is 12.3 Å². The van der Waals surface area contributed by atoms with Crippen LogP contribution in [0, 0.1) is 0 Å². The van der Waals surface area contributed by atoms with E-state index < -0.39 is 0 Å². The number of aromatic nitrogens is 3. The molecule has 3 N–H and O–H groups in total. The van der Waals surface area contributed by atoms with E-state index in [1.165, 1.54) is 6.33 Å². The molecule has 3 rings (SSSR count). The summed E-state index contributed by atoms with van der Waals surface area (Å²) in [5, 5.41) is 9.17. The number of hydrogen-bond donors (Lipinski definition) is 3. The van der Waals surface area contributed by atoms with Gasteiger partial charge in [-0.25, -0.2) is 15.0 Å². The first kappa shape index (κ1) is 19.1. The summed E-state index contributed by atoms with van der Waals surface area (Å²) in [6.45, 7) is 1.02. The van der Waals surface area contributed by atoms with Crippen LogP contribution in [0.15, 0.2) is 61.1 Å². The Balaban J connectivity index is 1.46. The summed E-state index contributed by atoms with van der Waals surface area (Å²) in [6, 6.07) is 14.9. The van der Waals surface area contributed by atoms with E-state index in [4.69, 9.17) is 0 Å². The van der Waals surface area contributed by atoms with Crippen molar-refractivity contribution < 1.29 is 4.79 Å². The van der Waals surface area contributed by atoms with Crippen LogP contribution in [-0.2, 0) is 0 Å². The minimum absolute atomic E-state index is 0.104. The number of rotatable bonds is 8. The van der Waals surface area contributed by atoms with Crippen molar-refractivity contribution in [2.75, 3.05) is 42.7 Å². The lowest BCUT2D eigenvalue weighted by Crippen LogP contribution is -2.28. The molecule has 8 heteroatoms. The lowest BCUT2D eigenvalue weighted by Gasteiger charge is -2.13. The summed E-state index contributed by atoms with van der Waals surface area (Å²) in [4.78, 5) is 26.7. The molecule has 0 aliphatic heterocycles. The Kier molecular flexibility index (Phi) is 6.35. The van der Waals surface area contributed by atoms with Gasteiger partial charge in [0.1, 0.15) is 23.8 Å². The number of hydrogen-bond acceptors (Lipinski definition) is 7. The maximum atomic E-state index is 12.2. The van der Waals surface area contributed by atoms with Crippen LogP contribution in [0.25, 0.3) is 0 Å². The second-order valence-electron chi connectivity index (χ2n) is 6.25. The van der Waals surface area contributed by atoms with Crippen molar-refractivity contribution in [1.29, 1.82) is 0 Å². The molecular formula is C20H23N7O. The minimum atomic E-state index is -0.104. The molecule has 0 aliphatic rings. The second-order valence-corrected chi connectivity index (χ2v) is 6.25. The molecule has 0 fully saturated rings. The molecule has 2 aromatic heterocycles. The third-order valence-corrected chi connectivity index (χ3v) is 3.95. The predicted octanol–water partition coefficient (Wildman–Crippen LogP) is 2.52. The van der Waals surface area contributed by atoms with Gasteiger partial charge in [0.2, 0.25) is 0 Å².